The summed E-state index contributed by atoms with van der Waals surface area (Å²) in [6.45, 7) is 4.26. The molecule has 0 aliphatic heterocycles. The van der Waals surface area contributed by atoms with Crippen LogP contribution >= 0.6 is 11.3 Å². The molecule has 3 rings (SSSR count). The topological polar surface area (TPSA) is 42.7 Å². The average molecular weight is 366 g/mol. The van der Waals surface area contributed by atoms with Crippen LogP contribution in [-0.2, 0) is 19.1 Å². The van der Waals surface area contributed by atoms with Gasteiger partial charge >= 0.3 is 6.18 Å². The van der Waals surface area contributed by atoms with Gasteiger partial charge in [0.25, 0.3) is 0 Å². The van der Waals surface area contributed by atoms with Gasteiger partial charge < -0.3 is 5.32 Å². The maximum Gasteiger partial charge on any atom is 0.434 e. The van der Waals surface area contributed by atoms with E-state index in [1.807, 2.05) is 42.8 Å². The summed E-state index contributed by atoms with van der Waals surface area (Å²) in [6, 6.07) is 7.91. The molecule has 1 N–H and O–H groups in total. The monoisotopic (exact) mass is 366 g/mol. The average Bonchev–Trinajstić information content (AvgIpc) is 3.19. The van der Waals surface area contributed by atoms with Crippen molar-refractivity contribution in [3.63, 3.8) is 0 Å². The van der Waals surface area contributed by atoms with Crippen LogP contribution in [0.2, 0.25) is 0 Å². The summed E-state index contributed by atoms with van der Waals surface area (Å²) in [5.41, 5.74) is 3.01. The lowest BCUT2D eigenvalue weighted by atomic mass is 10.2. The number of aromatic nitrogens is 3. The van der Waals surface area contributed by atoms with E-state index in [0.29, 0.717) is 5.01 Å². The van der Waals surface area contributed by atoms with Crippen LogP contribution in [0, 0.1) is 6.92 Å². The Bertz CT molecular complexity index is 867. The highest BCUT2D eigenvalue weighted by atomic mass is 32.1. The molecule has 0 amide bonds. The van der Waals surface area contributed by atoms with E-state index < -0.39 is 11.9 Å². The molecule has 0 aliphatic rings. The van der Waals surface area contributed by atoms with Crippen LogP contribution in [0.5, 0.6) is 0 Å². The number of para-hydroxylation sites is 1. The molecule has 0 fully saturated rings. The lowest BCUT2D eigenvalue weighted by Crippen LogP contribution is -2.07. The molecule has 3 aromatic rings. The smallest absolute Gasteiger partial charge is 0.376 e. The minimum Gasteiger partial charge on any atom is -0.376 e. The van der Waals surface area contributed by atoms with Crippen molar-refractivity contribution in [2.45, 2.75) is 33.0 Å². The minimum atomic E-state index is -4.40. The first-order chi connectivity index (χ1) is 11.9. The normalized spacial score (nSPS) is 11.7. The third-order valence-electron chi connectivity index (χ3n) is 3.82. The second-order valence-electron chi connectivity index (χ2n) is 5.53. The van der Waals surface area contributed by atoms with Crippen LogP contribution in [0.4, 0.5) is 18.9 Å². The molecule has 2 heterocycles. The third-order valence-corrected chi connectivity index (χ3v) is 4.67. The van der Waals surface area contributed by atoms with Gasteiger partial charge in [-0.3, -0.25) is 0 Å². The Morgan fingerprint density at radius 2 is 2.00 bits per heavy atom. The predicted molar refractivity (Wildman–Crippen MR) is 92.1 cm³/mol. The number of halogens is 3. The fourth-order valence-electron chi connectivity index (χ4n) is 2.56. The maximum absolute atomic E-state index is 12.6. The lowest BCUT2D eigenvalue weighted by molar-refractivity contribution is -0.140. The second-order valence-corrected chi connectivity index (χ2v) is 6.48. The zero-order valence-corrected chi connectivity index (χ0v) is 14.6. The summed E-state index contributed by atoms with van der Waals surface area (Å²) < 4.78 is 39.7. The summed E-state index contributed by atoms with van der Waals surface area (Å²) >= 11 is 0.994. The first-order valence-electron chi connectivity index (χ1n) is 7.78. The van der Waals surface area contributed by atoms with Gasteiger partial charge in [-0.25, -0.2) is 9.67 Å². The first-order valence-corrected chi connectivity index (χ1v) is 8.66. The van der Waals surface area contributed by atoms with Crippen LogP contribution in [0.3, 0.4) is 0 Å². The van der Waals surface area contributed by atoms with Crippen LogP contribution in [0.15, 0.2) is 35.8 Å². The molecule has 25 heavy (non-hydrogen) atoms. The van der Waals surface area contributed by atoms with Crippen molar-refractivity contribution in [2.75, 3.05) is 5.32 Å². The number of rotatable bonds is 5. The van der Waals surface area contributed by atoms with E-state index in [9.17, 15) is 13.2 Å². The number of anilines is 1. The zero-order chi connectivity index (χ0) is 18.0. The summed E-state index contributed by atoms with van der Waals surface area (Å²) in [7, 11) is 0. The maximum atomic E-state index is 12.6. The fraction of sp³-hybridized carbons (Fsp3) is 0.294. The molecule has 2 aromatic heterocycles. The highest BCUT2D eigenvalue weighted by Gasteiger charge is 2.33. The Balaban J connectivity index is 1.80. The highest BCUT2D eigenvalue weighted by molar-refractivity contribution is 7.09. The van der Waals surface area contributed by atoms with Crippen LogP contribution in [-0.4, -0.2) is 14.8 Å². The van der Waals surface area contributed by atoms with E-state index in [4.69, 9.17) is 0 Å². The zero-order valence-electron chi connectivity index (χ0n) is 13.8. The van der Waals surface area contributed by atoms with Gasteiger partial charge in [0.05, 0.1) is 29.8 Å². The quantitative estimate of drug-likeness (QED) is 0.703. The van der Waals surface area contributed by atoms with Crippen molar-refractivity contribution in [3.05, 3.63) is 57.8 Å². The number of alkyl halides is 3. The van der Waals surface area contributed by atoms with Crippen molar-refractivity contribution in [2.24, 2.45) is 0 Å². The molecule has 0 saturated carbocycles. The Kier molecular flexibility index (Phi) is 4.80. The van der Waals surface area contributed by atoms with Crippen molar-refractivity contribution in [1.82, 2.24) is 14.8 Å². The number of hydrogen-bond acceptors (Lipinski definition) is 4. The Hall–Kier alpha value is -2.35. The molecule has 0 spiro atoms. The van der Waals surface area contributed by atoms with Crippen LogP contribution < -0.4 is 5.32 Å². The van der Waals surface area contributed by atoms with E-state index in [1.54, 1.807) is 6.20 Å². The minimum absolute atomic E-state index is 0.229. The highest BCUT2D eigenvalue weighted by Crippen LogP contribution is 2.30. The molecule has 4 nitrogen and oxygen atoms in total. The molecule has 1 aromatic carbocycles. The molecule has 0 aliphatic carbocycles. The standard InChI is InChI=1S/C17H17F3N4S/c1-3-13-12(8-22-24(13)14-7-5-4-6-11(14)2)21-9-16-23-15(10-25-16)17(18,19)20/h4-8,10,21H,3,9H2,1-2H3. The second kappa shape index (κ2) is 6.87. The number of aryl methyl sites for hydroxylation is 1. The van der Waals surface area contributed by atoms with Crippen molar-refractivity contribution >= 4 is 17.0 Å². The summed E-state index contributed by atoms with van der Waals surface area (Å²) in [5, 5.41) is 9.01. The predicted octanol–water partition coefficient (Wildman–Crippen LogP) is 4.83. The SMILES string of the molecule is CCc1c(NCc2nc(C(F)(F)F)cs2)cnn1-c1ccccc1C. The van der Waals surface area contributed by atoms with Gasteiger partial charge in [-0.2, -0.15) is 18.3 Å². The van der Waals surface area contributed by atoms with Gasteiger partial charge in [-0.15, -0.1) is 11.3 Å². The van der Waals surface area contributed by atoms with Gasteiger partial charge in [0.1, 0.15) is 5.01 Å². The molecular formula is C17H17F3N4S. The van der Waals surface area contributed by atoms with Crippen molar-refractivity contribution in [3.8, 4) is 5.69 Å². The molecule has 0 bridgehead atoms. The van der Waals surface area contributed by atoms with E-state index in [-0.39, 0.29) is 6.54 Å². The van der Waals surface area contributed by atoms with E-state index in [0.717, 1.165) is 45.8 Å². The molecule has 0 radical (unpaired) electrons. The lowest BCUT2D eigenvalue weighted by Gasteiger charge is -2.11. The number of nitrogens with one attached hydrogen (secondary N) is 1. The first kappa shape index (κ1) is 17.5. The van der Waals surface area contributed by atoms with Crippen LogP contribution in [0.25, 0.3) is 5.69 Å². The van der Waals surface area contributed by atoms with E-state index in [2.05, 4.69) is 15.4 Å². The summed E-state index contributed by atoms with van der Waals surface area (Å²) in [4.78, 5) is 3.63. The van der Waals surface area contributed by atoms with Gasteiger partial charge in [0.2, 0.25) is 0 Å². The van der Waals surface area contributed by atoms with Crippen molar-refractivity contribution in [1.29, 1.82) is 0 Å². The molecule has 0 atom stereocenters. The van der Waals surface area contributed by atoms with Gasteiger partial charge in [0.15, 0.2) is 5.69 Å². The molecular weight excluding hydrogens is 349 g/mol. The van der Waals surface area contributed by atoms with Gasteiger partial charge in [-0.05, 0) is 25.0 Å². The molecule has 0 saturated heterocycles. The largest absolute Gasteiger partial charge is 0.434 e. The Labute approximate surface area is 147 Å². The van der Waals surface area contributed by atoms with E-state index in [1.165, 1.54) is 0 Å². The molecule has 132 valence electrons. The Morgan fingerprint density at radius 1 is 1.24 bits per heavy atom. The molecule has 0 unspecified atom stereocenters. The summed E-state index contributed by atoms with van der Waals surface area (Å²) in [5.74, 6) is 0. The van der Waals surface area contributed by atoms with Crippen molar-refractivity contribution < 1.29 is 13.2 Å². The van der Waals surface area contributed by atoms with Gasteiger partial charge in [0, 0.05) is 5.38 Å². The molecule has 8 heteroatoms. The van der Waals surface area contributed by atoms with Gasteiger partial charge in [-0.1, -0.05) is 25.1 Å². The number of thiazole rings is 1. The van der Waals surface area contributed by atoms with Crippen LogP contribution in [0.1, 0.15) is 28.9 Å². The Morgan fingerprint density at radius 3 is 2.64 bits per heavy atom. The number of hydrogen-bond donors (Lipinski definition) is 1. The fourth-order valence-corrected chi connectivity index (χ4v) is 3.30. The summed E-state index contributed by atoms with van der Waals surface area (Å²) in [6.07, 6.45) is -1.97. The third kappa shape index (κ3) is 3.68. The number of nitrogens with zero attached hydrogens (tertiary/aromatic N) is 3. The van der Waals surface area contributed by atoms with E-state index >= 15 is 0 Å². The number of benzene rings is 1.